The first-order valence-corrected chi connectivity index (χ1v) is 34.3. The topological polar surface area (TPSA) is 61.8 Å². The van der Waals surface area contributed by atoms with E-state index in [0.717, 1.165) is 193 Å². The second-order valence-electron chi connectivity index (χ2n) is 23.9. The zero-order valence-electron chi connectivity index (χ0n) is 43.9. The van der Waals surface area contributed by atoms with Crippen LogP contribution in [0.4, 0.5) is 26.3 Å². The molecule has 74 heavy (non-hydrogen) atoms. The van der Waals surface area contributed by atoms with Gasteiger partial charge in [0.2, 0.25) is 0 Å². The van der Waals surface area contributed by atoms with Crippen molar-refractivity contribution in [2.24, 2.45) is 0 Å². The summed E-state index contributed by atoms with van der Waals surface area (Å²) < 4.78 is 115. The Morgan fingerprint density at radius 1 is 0.405 bits per heavy atom. The molecule has 0 atom stereocenters. The van der Waals surface area contributed by atoms with Crippen LogP contribution in [0.2, 0.25) is 0 Å². The SMILES string of the molecule is O=C(CP(OB(Oc1cc(C(F)(F)F)cc(C(F)(F)F)c1)OP(CC(=O)c1ccccc1)(C1CCCCC1)(C1CCCCC1)C1CCCCC1)(C1CCCCC1)(C1CCCCC1)C1CCCCC1)c1ccccc1. The maximum atomic E-state index is 15.8. The summed E-state index contributed by atoms with van der Waals surface area (Å²) in [5, 5.41) is 0. The number of benzene rings is 3. The molecule has 0 aliphatic heterocycles. The fraction of sp³-hybridized carbons (Fsp3) is 0.667. The Labute approximate surface area is 438 Å². The van der Waals surface area contributed by atoms with E-state index in [2.05, 4.69) is 0 Å². The van der Waals surface area contributed by atoms with E-state index >= 15 is 35.9 Å². The van der Waals surface area contributed by atoms with Gasteiger partial charge in [-0.15, -0.1) is 0 Å². The minimum atomic E-state index is -5.13. The van der Waals surface area contributed by atoms with E-state index in [9.17, 15) is 0 Å². The summed E-state index contributed by atoms with van der Waals surface area (Å²) in [6.07, 6.45) is 17.4. The van der Waals surface area contributed by atoms with Crippen molar-refractivity contribution in [2.75, 3.05) is 12.3 Å². The third kappa shape index (κ3) is 11.3. The molecule has 6 aliphatic carbocycles. The van der Waals surface area contributed by atoms with Crippen LogP contribution in [0.5, 0.6) is 5.75 Å². The van der Waals surface area contributed by atoms with Crippen LogP contribution < -0.4 is 4.65 Å². The van der Waals surface area contributed by atoms with Crippen LogP contribution in [-0.2, 0) is 21.2 Å². The van der Waals surface area contributed by atoms with Gasteiger partial charge >= 0.3 is 440 Å². The average Bonchev–Trinajstić information content (AvgIpc) is 3.45. The van der Waals surface area contributed by atoms with Gasteiger partial charge in [-0.2, -0.15) is 0 Å². The molecule has 0 heterocycles. The van der Waals surface area contributed by atoms with Crippen molar-refractivity contribution in [3.63, 3.8) is 0 Å². The fourth-order valence-electron chi connectivity index (χ4n) is 16.8. The third-order valence-electron chi connectivity index (χ3n) is 20.1. The normalized spacial score (nSPS) is 22.5. The van der Waals surface area contributed by atoms with E-state index < -0.39 is 50.2 Å². The number of Topliss-reactive ketones (excluding diaryl/α,β-unsaturated/α-hetero) is 2. The molecule has 9 rings (SSSR count). The Kier molecular flexibility index (Phi) is 17.9. The molecule has 0 bridgehead atoms. The molecule has 14 heteroatoms. The molecule has 0 saturated heterocycles. The Balaban J connectivity index is 1.38. The quantitative estimate of drug-likeness (QED) is 0.0550. The summed E-state index contributed by atoms with van der Waals surface area (Å²) in [4.78, 5) is 31.6. The molecule has 0 amide bonds. The average molecular weight is 1070 g/mol. The standard InChI is InChI=1S/C60H83BF6O5P2/c62-59(63,64)48-41-49(60(65,66)67)43-50(42-48)70-61(71-73(51-29-13-3-14-30-51,52-31-15-4-16-32-52,53-33-17-5-18-34-53)44-57(68)46-25-9-1-10-26-46)72-74(54-35-19-6-20-36-54,55-37-21-7-22-38-55,56-39-23-8-24-40-56)45-58(69)47-27-11-2-12-28-47/h1-2,9-12,25-28,41-43,51-56H,3-8,13-24,29-40,44-45H2. The summed E-state index contributed by atoms with van der Waals surface area (Å²) in [6, 6.07) is 20.4. The second kappa shape index (κ2) is 23.7. The van der Waals surface area contributed by atoms with Crippen molar-refractivity contribution >= 4 is 32.5 Å². The number of halogens is 6. The van der Waals surface area contributed by atoms with Crippen molar-refractivity contribution in [3.8, 4) is 5.75 Å². The minimum absolute atomic E-state index is 0.0225. The molecule has 0 spiro atoms. The van der Waals surface area contributed by atoms with Crippen molar-refractivity contribution in [3.05, 3.63) is 101 Å². The predicted octanol–water partition coefficient (Wildman–Crippen LogP) is 18.8. The Bertz CT molecular complexity index is 2060. The van der Waals surface area contributed by atoms with Crippen LogP contribution in [0.1, 0.15) is 224 Å². The van der Waals surface area contributed by atoms with Crippen LogP contribution in [0.15, 0.2) is 78.9 Å². The van der Waals surface area contributed by atoms with Crippen LogP contribution in [0.3, 0.4) is 0 Å². The van der Waals surface area contributed by atoms with E-state index in [1.54, 1.807) is 0 Å². The van der Waals surface area contributed by atoms with Gasteiger partial charge in [0.25, 0.3) is 0 Å². The number of carbonyl (C=O) groups excluding carboxylic acids is 2. The first-order chi connectivity index (χ1) is 35.6. The molecule has 408 valence electrons. The Morgan fingerprint density at radius 2 is 0.662 bits per heavy atom. The van der Waals surface area contributed by atoms with Gasteiger partial charge in [0.15, 0.2) is 0 Å². The monoisotopic (exact) mass is 1070 g/mol. The number of rotatable bonds is 18. The Hall–Kier alpha value is -2.78. The number of alkyl halides is 6. The van der Waals surface area contributed by atoms with Gasteiger partial charge in [-0.1, -0.05) is 0 Å². The molecule has 6 aliphatic rings. The molecule has 6 saturated carbocycles. The summed E-state index contributed by atoms with van der Waals surface area (Å²) in [6.45, 7) is -8.52. The van der Waals surface area contributed by atoms with Crippen LogP contribution in [-0.4, -0.2) is 65.2 Å². The number of hydrogen-bond donors (Lipinski definition) is 0. The molecule has 0 N–H and O–H groups in total. The van der Waals surface area contributed by atoms with Crippen LogP contribution >= 0.6 is 13.7 Å². The molecule has 0 radical (unpaired) electrons. The third-order valence-corrected chi connectivity index (χ3v) is 36.4. The zero-order chi connectivity index (χ0) is 51.9. The second-order valence-corrected chi connectivity index (χ2v) is 35.1. The number of carbonyl (C=O) groups is 2. The summed E-state index contributed by atoms with van der Waals surface area (Å²) in [5.41, 5.74) is -2.06. The summed E-state index contributed by atoms with van der Waals surface area (Å²) >= 11 is 0. The maximum absolute atomic E-state index is 15.8. The zero-order valence-corrected chi connectivity index (χ0v) is 45.7. The van der Waals surface area contributed by atoms with Crippen molar-refractivity contribution in [1.29, 1.82) is 0 Å². The van der Waals surface area contributed by atoms with E-state index in [1.807, 2.05) is 60.7 Å². The number of hydrogen-bond acceptors (Lipinski definition) is 5. The van der Waals surface area contributed by atoms with Crippen molar-refractivity contribution < 1.29 is 49.5 Å². The molecular formula is C60H83BF6O5P2. The predicted molar refractivity (Wildman–Crippen MR) is 291 cm³/mol. The molecule has 3 aromatic rings. The first-order valence-electron chi connectivity index (χ1n) is 29.2. The Morgan fingerprint density at radius 3 is 0.905 bits per heavy atom. The summed E-state index contributed by atoms with van der Waals surface area (Å²) in [7, 11) is -1.77. The molecule has 6 fully saturated rings. The van der Waals surface area contributed by atoms with Crippen LogP contribution in [0, 0.1) is 0 Å². The van der Waals surface area contributed by atoms with E-state index in [1.165, 1.54) is 0 Å². The van der Waals surface area contributed by atoms with Gasteiger partial charge in [-0.25, -0.2) is 0 Å². The molecule has 0 unspecified atom stereocenters. The first kappa shape index (κ1) is 56.0. The molecule has 0 aromatic heterocycles. The van der Waals surface area contributed by atoms with Crippen LogP contribution in [0.25, 0.3) is 0 Å². The van der Waals surface area contributed by atoms with Gasteiger partial charge in [0, 0.05) is 0 Å². The van der Waals surface area contributed by atoms with E-state index in [4.69, 9.17) is 13.5 Å². The van der Waals surface area contributed by atoms with Gasteiger partial charge in [0.05, 0.1) is 0 Å². The molecule has 5 nitrogen and oxygen atoms in total. The van der Waals surface area contributed by atoms with Gasteiger partial charge in [0.1, 0.15) is 0 Å². The van der Waals surface area contributed by atoms with Crippen molar-refractivity contribution in [1.82, 2.24) is 0 Å². The van der Waals surface area contributed by atoms with E-state index in [-0.39, 0.29) is 63.9 Å². The van der Waals surface area contributed by atoms with Gasteiger partial charge in [-0.05, 0) is 0 Å². The van der Waals surface area contributed by atoms with Gasteiger partial charge < -0.3 is 0 Å². The molecular weight excluding hydrogens is 987 g/mol. The fourth-order valence-corrected chi connectivity index (χ4v) is 35.0. The van der Waals surface area contributed by atoms with Crippen molar-refractivity contribution in [2.45, 2.75) is 239 Å². The van der Waals surface area contributed by atoms with E-state index in [0.29, 0.717) is 23.3 Å². The van der Waals surface area contributed by atoms with Gasteiger partial charge in [-0.3, -0.25) is 0 Å². The molecule has 3 aromatic carbocycles. The summed E-state index contributed by atoms with van der Waals surface area (Å²) in [5.74, 6) is -0.655. The number of ketones is 2.